The van der Waals surface area contributed by atoms with Crippen LogP contribution in [0, 0.1) is 0 Å². The molecule has 0 saturated carbocycles. The van der Waals surface area contributed by atoms with Crippen molar-refractivity contribution in [1.82, 2.24) is 25.1 Å². The van der Waals surface area contributed by atoms with E-state index in [0.29, 0.717) is 0 Å². The molecule has 4 aromatic heterocycles. The number of aromatic amines is 2. The molecule has 0 fully saturated rings. The molecule has 6 aromatic rings. The highest BCUT2D eigenvalue weighted by atomic mass is 16.3. The van der Waals surface area contributed by atoms with E-state index in [1.807, 2.05) is 24.3 Å². The van der Waals surface area contributed by atoms with Crippen LogP contribution in [0.5, 0.6) is 0 Å². The zero-order valence-corrected chi connectivity index (χ0v) is 15.3. The molecular formula is C23H15N5O. The van der Waals surface area contributed by atoms with Gasteiger partial charge in [0, 0.05) is 39.8 Å². The summed E-state index contributed by atoms with van der Waals surface area (Å²) in [5.74, 6) is 0. The SMILES string of the molecule is c1cc(-c2ccoc2)c2cc(-c3n[nH]c4ccc(-c5cnccn5)cc34)[nH]c2c1. The second-order valence-electron chi connectivity index (χ2n) is 6.89. The number of nitrogens with zero attached hydrogens (tertiary/aromatic N) is 3. The minimum atomic E-state index is 0.834. The molecule has 6 nitrogen and oxygen atoms in total. The maximum Gasteiger partial charge on any atom is 0.116 e. The van der Waals surface area contributed by atoms with E-state index >= 15 is 0 Å². The standard InChI is InChI=1S/C23H15N5O/c1-2-16(15-6-9-29-13-15)17-11-21(26-19(17)3-1)23-18-10-14(4-5-20(18)27-28-23)22-12-24-7-8-25-22/h1-13,26H,(H,27,28). The fourth-order valence-electron chi connectivity index (χ4n) is 3.78. The van der Waals surface area contributed by atoms with Crippen molar-refractivity contribution in [2.75, 3.05) is 0 Å². The molecule has 29 heavy (non-hydrogen) atoms. The Bertz CT molecular complexity index is 1450. The smallest absolute Gasteiger partial charge is 0.116 e. The van der Waals surface area contributed by atoms with E-state index in [2.05, 4.69) is 49.4 Å². The van der Waals surface area contributed by atoms with Crippen LogP contribution in [0.1, 0.15) is 0 Å². The predicted octanol–water partition coefficient (Wildman–Crippen LogP) is 5.43. The van der Waals surface area contributed by atoms with Gasteiger partial charge in [-0.2, -0.15) is 5.10 Å². The van der Waals surface area contributed by atoms with Crippen molar-refractivity contribution in [3.8, 4) is 33.8 Å². The van der Waals surface area contributed by atoms with E-state index < -0.39 is 0 Å². The Labute approximate surface area is 165 Å². The van der Waals surface area contributed by atoms with Crippen LogP contribution in [-0.4, -0.2) is 25.1 Å². The van der Waals surface area contributed by atoms with Gasteiger partial charge in [0.15, 0.2) is 0 Å². The summed E-state index contributed by atoms with van der Waals surface area (Å²) >= 11 is 0. The number of hydrogen-bond donors (Lipinski definition) is 2. The Balaban J connectivity index is 1.53. The summed E-state index contributed by atoms with van der Waals surface area (Å²) in [6.07, 6.45) is 8.59. The van der Waals surface area contributed by atoms with Gasteiger partial charge in [0.1, 0.15) is 5.69 Å². The Morgan fingerprint density at radius 3 is 2.72 bits per heavy atom. The largest absolute Gasteiger partial charge is 0.472 e. The molecule has 0 aliphatic heterocycles. The van der Waals surface area contributed by atoms with Crippen molar-refractivity contribution in [3.63, 3.8) is 0 Å². The lowest BCUT2D eigenvalue weighted by atomic mass is 10.0. The summed E-state index contributed by atoms with van der Waals surface area (Å²) in [7, 11) is 0. The minimum Gasteiger partial charge on any atom is -0.472 e. The van der Waals surface area contributed by atoms with Gasteiger partial charge in [-0.1, -0.05) is 18.2 Å². The third-order valence-electron chi connectivity index (χ3n) is 5.17. The average molecular weight is 377 g/mol. The van der Waals surface area contributed by atoms with E-state index in [0.717, 1.165) is 55.6 Å². The maximum atomic E-state index is 5.27. The first kappa shape index (κ1) is 15.8. The summed E-state index contributed by atoms with van der Waals surface area (Å²) < 4.78 is 5.27. The molecule has 0 bridgehead atoms. The Kier molecular flexibility index (Phi) is 3.37. The van der Waals surface area contributed by atoms with Crippen LogP contribution >= 0.6 is 0 Å². The van der Waals surface area contributed by atoms with Crippen LogP contribution < -0.4 is 0 Å². The zero-order valence-electron chi connectivity index (χ0n) is 15.3. The molecule has 2 aromatic carbocycles. The van der Waals surface area contributed by atoms with E-state index in [9.17, 15) is 0 Å². The summed E-state index contributed by atoms with van der Waals surface area (Å²) in [5.41, 5.74) is 7.88. The molecule has 0 atom stereocenters. The summed E-state index contributed by atoms with van der Waals surface area (Å²) in [4.78, 5) is 12.1. The number of furan rings is 1. The predicted molar refractivity (Wildman–Crippen MR) is 112 cm³/mol. The molecule has 4 heterocycles. The fraction of sp³-hybridized carbons (Fsp3) is 0. The number of fused-ring (bicyclic) bond motifs is 2. The van der Waals surface area contributed by atoms with Crippen LogP contribution in [0.25, 0.3) is 55.6 Å². The highest BCUT2D eigenvalue weighted by molar-refractivity contribution is 6.01. The van der Waals surface area contributed by atoms with Crippen molar-refractivity contribution in [2.45, 2.75) is 0 Å². The van der Waals surface area contributed by atoms with Gasteiger partial charge in [0.25, 0.3) is 0 Å². The number of hydrogen-bond acceptors (Lipinski definition) is 4. The normalized spacial score (nSPS) is 11.4. The Hall–Kier alpha value is -4.19. The molecule has 0 spiro atoms. The number of nitrogens with one attached hydrogen (secondary N) is 2. The van der Waals surface area contributed by atoms with E-state index in [4.69, 9.17) is 4.42 Å². The van der Waals surface area contributed by atoms with Gasteiger partial charge >= 0.3 is 0 Å². The molecule has 0 saturated heterocycles. The number of H-pyrrole nitrogens is 2. The molecule has 6 rings (SSSR count). The zero-order chi connectivity index (χ0) is 19.2. The first-order valence-electron chi connectivity index (χ1n) is 9.26. The van der Waals surface area contributed by atoms with Gasteiger partial charge in [-0.05, 0) is 35.9 Å². The molecule has 0 aliphatic carbocycles. The summed E-state index contributed by atoms with van der Waals surface area (Å²) in [6, 6.07) is 16.5. The van der Waals surface area contributed by atoms with E-state index in [1.54, 1.807) is 31.1 Å². The first-order chi connectivity index (χ1) is 14.4. The number of benzene rings is 2. The van der Waals surface area contributed by atoms with Crippen molar-refractivity contribution in [2.24, 2.45) is 0 Å². The van der Waals surface area contributed by atoms with Crippen molar-refractivity contribution in [3.05, 3.63) is 79.6 Å². The van der Waals surface area contributed by atoms with Crippen molar-refractivity contribution < 1.29 is 4.42 Å². The lowest BCUT2D eigenvalue weighted by Gasteiger charge is -2.00. The molecule has 0 aliphatic rings. The van der Waals surface area contributed by atoms with Crippen molar-refractivity contribution in [1.29, 1.82) is 0 Å². The number of aromatic nitrogens is 5. The molecule has 2 N–H and O–H groups in total. The maximum absolute atomic E-state index is 5.27. The summed E-state index contributed by atoms with van der Waals surface area (Å²) in [5, 5.41) is 9.87. The molecule has 0 amide bonds. The molecule has 6 heteroatoms. The molecule has 0 unspecified atom stereocenters. The second kappa shape index (κ2) is 6.17. The van der Waals surface area contributed by atoms with E-state index in [1.165, 1.54) is 0 Å². The summed E-state index contributed by atoms with van der Waals surface area (Å²) in [6.45, 7) is 0. The van der Waals surface area contributed by atoms with Gasteiger partial charge in [0.2, 0.25) is 0 Å². The fourth-order valence-corrected chi connectivity index (χ4v) is 3.78. The van der Waals surface area contributed by atoms with Crippen LogP contribution in [0.3, 0.4) is 0 Å². The molecule has 0 radical (unpaired) electrons. The molecular weight excluding hydrogens is 362 g/mol. The highest BCUT2D eigenvalue weighted by Gasteiger charge is 2.14. The Morgan fingerprint density at radius 1 is 0.862 bits per heavy atom. The third-order valence-corrected chi connectivity index (χ3v) is 5.17. The van der Waals surface area contributed by atoms with Gasteiger partial charge in [-0.15, -0.1) is 0 Å². The monoisotopic (exact) mass is 377 g/mol. The van der Waals surface area contributed by atoms with Crippen LogP contribution in [-0.2, 0) is 0 Å². The van der Waals surface area contributed by atoms with Crippen LogP contribution in [0.4, 0.5) is 0 Å². The van der Waals surface area contributed by atoms with E-state index in [-0.39, 0.29) is 0 Å². The van der Waals surface area contributed by atoms with Crippen LogP contribution in [0.2, 0.25) is 0 Å². The van der Waals surface area contributed by atoms with Gasteiger partial charge in [-0.3, -0.25) is 15.1 Å². The topological polar surface area (TPSA) is 83.4 Å². The van der Waals surface area contributed by atoms with Gasteiger partial charge < -0.3 is 9.40 Å². The van der Waals surface area contributed by atoms with Crippen LogP contribution in [0.15, 0.2) is 84.1 Å². The highest BCUT2D eigenvalue weighted by Crippen LogP contribution is 2.35. The minimum absolute atomic E-state index is 0.834. The molecule has 138 valence electrons. The third kappa shape index (κ3) is 2.54. The first-order valence-corrected chi connectivity index (χ1v) is 9.26. The lowest BCUT2D eigenvalue weighted by Crippen LogP contribution is -1.84. The average Bonchev–Trinajstić information content (AvgIpc) is 3.52. The lowest BCUT2D eigenvalue weighted by molar-refractivity contribution is 0.568. The Morgan fingerprint density at radius 2 is 1.86 bits per heavy atom. The second-order valence-corrected chi connectivity index (χ2v) is 6.89. The van der Waals surface area contributed by atoms with Gasteiger partial charge in [-0.25, -0.2) is 0 Å². The quantitative estimate of drug-likeness (QED) is 0.431. The number of rotatable bonds is 3. The van der Waals surface area contributed by atoms with Gasteiger partial charge in [0.05, 0.1) is 35.6 Å². The van der Waals surface area contributed by atoms with Crippen molar-refractivity contribution >= 4 is 21.8 Å².